The summed E-state index contributed by atoms with van der Waals surface area (Å²) in [5, 5.41) is 1.01. The third-order valence-electron chi connectivity index (χ3n) is 4.12. The fourth-order valence-electron chi connectivity index (χ4n) is 2.83. The number of halogens is 1. The van der Waals surface area contributed by atoms with E-state index < -0.39 is 0 Å². The summed E-state index contributed by atoms with van der Waals surface area (Å²) in [7, 11) is 3.51. The molecule has 2 heterocycles. The lowest BCUT2D eigenvalue weighted by atomic mass is 10.2. The van der Waals surface area contributed by atoms with Gasteiger partial charge in [0, 0.05) is 45.3 Å². The minimum absolute atomic E-state index is 0.0313. The van der Waals surface area contributed by atoms with E-state index in [0.717, 1.165) is 13.1 Å². The zero-order valence-electron chi connectivity index (χ0n) is 13.8. The highest BCUT2D eigenvalue weighted by molar-refractivity contribution is 6.31. The summed E-state index contributed by atoms with van der Waals surface area (Å²) in [5.41, 5.74) is 0.457. The van der Waals surface area contributed by atoms with Gasteiger partial charge >= 0.3 is 6.03 Å². The Bertz CT molecular complexity index is 812. The van der Waals surface area contributed by atoms with Crippen molar-refractivity contribution in [2.75, 3.05) is 40.3 Å². The molecule has 24 heavy (non-hydrogen) atoms. The molecule has 1 aromatic carbocycles. The van der Waals surface area contributed by atoms with Gasteiger partial charge in [0.25, 0.3) is 5.56 Å². The van der Waals surface area contributed by atoms with Crippen LogP contribution < -0.4 is 5.56 Å². The van der Waals surface area contributed by atoms with E-state index in [0.29, 0.717) is 41.4 Å². The second-order valence-electron chi connectivity index (χ2n) is 6.11. The second-order valence-corrected chi connectivity index (χ2v) is 6.55. The van der Waals surface area contributed by atoms with E-state index in [1.165, 1.54) is 0 Å². The lowest BCUT2D eigenvalue weighted by Gasteiger charge is -2.35. The third kappa shape index (κ3) is 3.52. The predicted octanol–water partition coefficient (Wildman–Crippen LogP) is 1.38. The number of hydrogen-bond donors (Lipinski definition) is 1. The van der Waals surface area contributed by atoms with Gasteiger partial charge in [0.1, 0.15) is 5.82 Å². The lowest BCUT2D eigenvalue weighted by Crippen LogP contribution is -2.51. The number of carbonyl (C=O) groups is 1. The van der Waals surface area contributed by atoms with Gasteiger partial charge in [0.15, 0.2) is 0 Å². The molecule has 1 saturated heterocycles. The Morgan fingerprint density at radius 1 is 1.29 bits per heavy atom. The number of benzene rings is 1. The van der Waals surface area contributed by atoms with Crippen molar-refractivity contribution in [2.24, 2.45) is 0 Å². The highest BCUT2D eigenvalue weighted by atomic mass is 35.5. The highest BCUT2D eigenvalue weighted by Crippen LogP contribution is 2.15. The van der Waals surface area contributed by atoms with Crippen molar-refractivity contribution in [1.29, 1.82) is 0 Å². The number of H-pyrrole nitrogens is 1. The first kappa shape index (κ1) is 16.7. The van der Waals surface area contributed by atoms with Crippen LogP contribution in [0.4, 0.5) is 4.79 Å². The van der Waals surface area contributed by atoms with Crippen LogP contribution in [0.3, 0.4) is 0 Å². The fourth-order valence-corrected chi connectivity index (χ4v) is 3.00. The van der Waals surface area contributed by atoms with E-state index in [-0.39, 0.29) is 11.6 Å². The van der Waals surface area contributed by atoms with E-state index in [1.54, 1.807) is 37.2 Å². The minimum Gasteiger partial charge on any atom is -0.331 e. The molecule has 0 radical (unpaired) electrons. The minimum atomic E-state index is -0.182. The van der Waals surface area contributed by atoms with Crippen LogP contribution in [0.2, 0.25) is 5.02 Å². The summed E-state index contributed by atoms with van der Waals surface area (Å²) in [6.07, 6.45) is 0. The Labute approximate surface area is 144 Å². The molecular formula is C16H20ClN5O2. The first-order chi connectivity index (χ1) is 11.4. The van der Waals surface area contributed by atoms with Crippen molar-refractivity contribution in [3.05, 3.63) is 39.4 Å². The zero-order chi connectivity index (χ0) is 17.3. The summed E-state index contributed by atoms with van der Waals surface area (Å²) in [6.45, 7) is 3.40. The zero-order valence-corrected chi connectivity index (χ0v) is 14.5. The summed E-state index contributed by atoms with van der Waals surface area (Å²) in [5.74, 6) is 0.627. The van der Waals surface area contributed by atoms with Crippen molar-refractivity contribution >= 4 is 28.5 Å². The van der Waals surface area contributed by atoms with Gasteiger partial charge in [-0.1, -0.05) is 11.6 Å². The van der Waals surface area contributed by atoms with E-state index >= 15 is 0 Å². The van der Waals surface area contributed by atoms with Crippen LogP contribution in [-0.4, -0.2) is 71.0 Å². The van der Waals surface area contributed by atoms with Crippen molar-refractivity contribution < 1.29 is 4.79 Å². The molecule has 2 amide bonds. The molecule has 7 nitrogen and oxygen atoms in total. The van der Waals surface area contributed by atoms with E-state index in [4.69, 9.17) is 11.6 Å². The van der Waals surface area contributed by atoms with Gasteiger partial charge in [-0.05, 0) is 18.2 Å². The number of urea groups is 1. The topological polar surface area (TPSA) is 72.5 Å². The van der Waals surface area contributed by atoms with Crippen molar-refractivity contribution in [2.45, 2.75) is 6.54 Å². The molecule has 0 bridgehead atoms. The molecular weight excluding hydrogens is 330 g/mol. The smallest absolute Gasteiger partial charge is 0.319 e. The number of fused-ring (bicyclic) bond motifs is 1. The Hall–Kier alpha value is -2.12. The molecule has 0 unspecified atom stereocenters. The van der Waals surface area contributed by atoms with Gasteiger partial charge < -0.3 is 14.8 Å². The molecule has 1 aliphatic heterocycles. The molecule has 1 N–H and O–H groups in total. The molecule has 2 aromatic rings. The standard InChI is InChI=1S/C16H20ClN5O2/c1-20(2)16(24)22-7-5-21(6-8-22)10-14-18-13-4-3-11(17)9-12(13)15(23)19-14/h3-4,9H,5-8,10H2,1-2H3,(H,18,19,23). The van der Waals surface area contributed by atoms with Crippen molar-refractivity contribution in [3.63, 3.8) is 0 Å². The van der Waals surface area contributed by atoms with Gasteiger partial charge in [0.2, 0.25) is 0 Å². The molecule has 8 heteroatoms. The van der Waals surface area contributed by atoms with E-state index in [1.807, 2.05) is 4.90 Å². The Morgan fingerprint density at radius 2 is 2.00 bits per heavy atom. The maximum absolute atomic E-state index is 12.2. The highest BCUT2D eigenvalue weighted by Gasteiger charge is 2.22. The summed E-state index contributed by atoms with van der Waals surface area (Å²) in [6, 6.07) is 5.14. The van der Waals surface area contributed by atoms with Crippen LogP contribution in [-0.2, 0) is 6.54 Å². The van der Waals surface area contributed by atoms with Gasteiger partial charge in [-0.25, -0.2) is 9.78 Å². The summed E-state index contributed by atoms with van der Waals surface area (Å²) < 4.78 is 0. The number of rotatable bonds is 2. The third-order valence-corrected chi connectivity index (χ3v) is 4.35. The number of carbonyl (C=O) groups excluding carboxylic acids is 1. The number of piperazine rings is 1. The quantitative estimate of drug-likeness (QED) is 0.889. The number of amides is 2. The largest absolute Gasteiger partial charge is 0.331 e. The Morgan fingerprint density at radius 3 is 2.67 bits per heavy atom. The van der Waals surface area contributed by atoms with Crippen LogP contribution in [0.5, 0.6) is 0 Å². The number of aromatic amines is 1. The average molecular weight is 350 g/mol. The monoisotopic (exact) mass is 349 g/mol. The van der Waals surface area contributed by atoms with Crippen LogP contribution >= 0.6 is 11.6 Å². The maximum atomic E-state index is 12.2. The van der Waals surface area contributed by atoms with Crippen molar-refractivity contribution in [3.8, 4) is 0 Å². The summed E-state index contributed by atoms with van der Waals surface area (Å²) >= 11 is 5.92. The Kier molecular flexibility index (Phi) is 4.73. The van der Waals surface area contributed by atoms with Gasteiger partial charge in [0.05, 0.1) is 17.4 Å². The van der Waals surface area contributed by atoms with Crippen LogP contribution in [0, 0.1) is 0 Å². The van der Waals surface area contributed by atoms with Gasteiger partial charge in [-0.3, -0.25) is 9.69 Å². The van der Waals surface area contributed by atoms with Crippen molar-refractivity contribution in [1.82, 2.24) is 24.7 Å². The Balaban J connectivity index is 1.69. The molecule has 0 spiro atoms. The fraction of sp³-hybridized carbons (Fsp3) is 0.438. The molecule has 0 atom stereocenters. The van der Waals surface area contributed by atoms with Crippen LogP contribution in [0.15, 0.2) is 23.0 Å². The predicted molar refractivity (Wildman–Crippen MR) is 93.3 cm³/mol. The second kappa shape index (κ2) is 6.78. The number of aromatic nitrogens is 2. The molecule has 1 aromatic heterocycles. The first-order valence-electron chi connectivity index (χ1n) is 7.81. The molecule has 1 aliphatic rings. The number of nitrogens with one attached hydrogen (secondary N) is 1. The molecule has 0 saturated carbocycles. The number of nitrogens with zero attached hydrogens (tertiary/aromatic N) is 4. The average Bonchev–Trinajstić information content (AvgIpc) is 2.55. The molecule has 128 valence electrons. The van der Waals surface area contributed by atoms with Gasteiger partial charge in [-0.2, -0.15) is 0 Å². The lowest BCUT2D eigenvalue weighted by molar-refractivity contribution is 0.118. The first-order valence-corrected chi connectivity index (χ1v) is 8.19. The van der Waals surface area contributed by atoms with Crippen LogP contribution in [0.1, 0.15) is 5.82 Å². The number of hydrogen-bond acceptors (Lipinski definition) is 4. The van der Waals surface area contributed by atoms with Crippen LogP contribution in [0.25, 0.3) is 10.9 Å². The maximum Gasteiger partial charge on any atom is 0.319 e. The van der Waals surface area contributed by atoms with E-state index in [9.17, 15) is 9.59 Å². The molecule has 1 fully saturated rings. The molecule has 0 aliphatic carbocycles. The SMILES string of the molecule is CN(C)C(=O)N1CCN(Cc2nc3ccc(Cl)cc3c(=O)[nH]2)CC1. The van der Waals surface area contributed by atoms with Gasteiger partial charge in [-0.15, -0.1) is 0 Å². The summed E-state index contributed by atoms with van der Waals surface area (Å²) in [4.78, 5) is 37.0. The normalized spacial score (nSPS) is 15.7. The van der Waals surface area contributed by atoms with E-state index in [2.05, 4.69) is 14.9 Å². The molecule has 3 rings (SSSR count).